The maximum absolute atomic E-state index is 13.6. The minimum absolute atomic E-state index is 0.152. The van der Waals surface area contributed by atoms with E-state index >= 15 is 0 Å². The number of halogens is 1. The molecule has 1 aromatic heterocycles. The van der Waals surface area contributed by atoms with Gasteiger partial charge in [0, 0.05) is 12.6 Å². The first-order valence-electron chi connectivity index (χ1n) is 6.31. The van der Waals surface area contributed by atoms with Gasteiger partial charge < -0.3 is 10.7 Å². The zero-order chi connectivity index (χ0) is 14.7. The summed E-state index contributed by atoms with van der Waals surface area (Å²) in [6.07, 6.45) is 0. The fourth-order valence-electron chi connectivity index (χ4n) is 2.06. The average molecular weight is 275 g/mol. The van der Waals surface area contributed by atoms with E-state index in [0.717, 1.165) is 5.56 Å². The molecular weight excluding hydrogens is 257 g/mol. The zero-order valence-corrected chi connectivity index (χ0v) is 11.8. The van der Waals surface area contributed by atoms with Gasteiger partial charge in [-0.2, -0.15) is 0 Å². The third kappa shape index (κ3) is 3.21. The number of benzene rings is 1. The maximum atomic E-state index is 13.6. The van der Waals surface area contributed by atoms with Crippen LogP contribution in [0.2, 0.25) is 0 Å². The van der Waals surface area contributed by atoms with E-state index in [2.05, 4.69) is 20.7 Å². The van der Waals surface area contributed by atoms with Crippen LogP contribution in [0.1, 0.15) is 22.5 Å². The van der Waals surface area contributed by atoms with Crippen LogP contribution in [-0.4, -0.2) is 9.97 Å². The summed E-state index contributed by atoms with van der Waals surface area (Å²) in [6.45, 7) is 5.87. The number of nitrogens with one attached hydrogen (secondary N) is 2. The predicted molar refractivity (Wildman–Crippen MR) is 77.8 cm³/mol. The molecule has 0 amide bonds. The van der Waals surface area contributed by atoms with Gasteiger partial charge in [-0.25, -0.2) is 20.2 Å². The molecule has 0 aliphatic rings. The molecular formula is C14H18FN5. The van der Waals surface area contributed by atoms with Crippen LogP contribution in [0.15, 0.2) is 18.2 Å². The van der Waals surface area contributed by atoms with Gasteiger partial charge in [0.15, 0.2) is 0 Å². The maximum Gasteiger partial charge on any atom is 0.145 e. The smallest absolute Gasteiger partial charge is 0.145 e. The summed E-state index contributed by atoms with van der Waals surface area (Å²) in [4.78, 5) is 8.38. The number of nitrogens with zero attached hydrogens (tertiary/aromatic N) is 2. The van der Waals surface area contributed by atoms with Gasteiger partial charge in [0.1, 0.15) is 23.3 Å². The van der Waals surface area contributed by atoms with E-state index in [4.69, 9.17) is 5.84 Å². The van der Waals surface area contributed by atoms with E-state index in [1.807, 2.05) is 12.1 Å². The molecule has 2 aromatic rings. The Morgan fingerprint density at radius 2 is 1.65 bits per heavy atom. The van der Waals surface area contributed by atoms with Crippen molar-refractivity contribution in [2.24, 2.45) is 5.84 Å². The topological polar surface area (TPSA) is 75.9 Å². The number of rotatable bonds is 4. The van der Waals surface area contributed by atoms with Crippen molar-refractivity contribution < 1.29 is 4.39 Å². The van der Waals surface area contributed by atoms with Gasteiger partial charge in [0.25, 0.3) is 0 Å². The van der Waals surface area contributed by atoms with Gasteiger partial charge in [-0.15, -0.1) is 0 Å². The highest BCUT2D eigenvalue weighted by Crippen LogP contribution is 2.16. The first-order valence-corrected chi connectivity index (χ1v) is 6.31. The number of aryl methyl sites for hydroxylation is 3. The highest BCUT2D eigenvalue weighted by atomic mass is 19.1. The van der Waals surface area contributed by atoms with E-state index in [9.17, 15) is 4.39 Å². The van der Waals surface area contributed by atoms with Crippen molar-refractivity contribution in [3.8, 4) is 0 Å². The second-order valence-electron chi connectivity index (χ2n) is 4.73. The summed E-state index contributed by atoms with van der Waals surface area (Å²) in [6, 6.07) is 5.37. The molecule has 20 heavy (non-hydrogen) atoms. The number of aromatic nitrogens is 2. The molecule has 0 radical (unpaired) electrons. The first-order chi connectivity index (χ1) is 9.49. The fraction of sp³-hybridized carbons (Fsp3) is 0.286. The highest BCUT2D eigenvalue weighted by molar-refractivity contribution is 5.47. The molecule has 0 unspecified atom stereocenters. The Labute approximate surface area is 117 Å². The first kappa shape index (κ1) is 14.2. The van der Waals surface area contributed by atoms with Crippen LogP contribution in [0.5, 0.6) is 0 Å². The van der Waals surface area contributed by atoms with Crippen LogP contribution in [-0.2, 0) is 6.54 Å². The lowest BCUT2D eigenvalue weighted by Gasteiger charge is -2.10. The van der Waals surface area contributed by atoms with Gasteiger partial charge in [-0.05, 0) is 37.5 Å². The molecule has 0 atom stereocenters. The Hall–Kier alpha value is -2.21. The van der Waals surface area contributed by atoms with E-state index < -0.39 is 0 Å². The van der Waals surface area contributed by atoms with Gasteiger partial charge in [0.2, 0.25) is 0 Å². The number of hydrogen-bond acceptors (Lipinski definition) is 5. The molecule has 6 heteroatoms. The van der Waals surface area contributed by atoms with Crippen LogP contribution in [0.3, 0.4) is 0 Å². The van der Waals surface area contributed by atoms with Crippen LogP contribution in [0.4, 0.5) is 16.0 Å². The van der Waals surface area contributed by atoms with Crippen LogP contribution >= 0.6 is 0 Å². The van der Waals surface area contributed by atoms with Crippen molar-refractivity contribution >= 4 is 11.6 Å². The molecule has 106 valence electrons. The molecule has 5 nitrogen and oxygen atoms in total. The van der Waals surface area contributed by atoms with E-state index in [1.54, 1.807) is 26.8 Å². The minimum atomic E-state index is -0.152. The Morgan fingerprint density at radius 1 is 1.05 bits per heavy atom. The molecule has 0 saturated carbocycles. The van der Waals surface area contributed by atoms with E-state index in [0.29, 0.717) is 35.1 Å². The molecule has 0 bridgehead atoms. The third-order valence-electron chi connectivity index (χ3n) is 2.96. The largest absolute Gasteiger partial charge is 0.366 e. The van der Waals surface area contributed by atoms with Crippen LogP contribution < -0.4 is 16.6 Å². The fourth-order valence-corrected chi connectivity index (χ4v) is 2.06. The Kier molecular flexibility index (Phi) is 4.14. The molecule has 0 aliphatic heterocycles. The van der Waals surface area contributed by atoms with Crippen LogP contribution in [0.25, 0.3) is 0 Å². The molecule has 1 aromatic carbocycles. The summed E-state index contributed by atoms with van der Waals surface area (Å²) in [5.74, 6) is 7.03. The molecule has 2 rings (SSSR count). The third-order valence-corrected chi connectivity index (χ3v) is 2.96. The summed E-state index contributed by atoms with van der Waals surface area (Å²) in [5.41, 5.74) is 4.78. The normalized spacial score (nSPS) is 10.4. The predicted octanol–water partition coefficient (Wildman–Crippen LogP) is 2.44. The van der Waals surface area contributed by atoms with Gasteiger partial charge in [-0.3, -0.25) is 0 Å². The van der Waals surface area contributed by atoms with Crippen molar-refractivity contribution in [2.75, 3.05) is 10.7 Å². The quantitative estimate of drug-likeness (QED) is 0.590. The Bertz CT molecular complexity index is 604. The second kappa shape index (κ2) is 5.83. The Morgan fingerprint density at radius 3 is 2.25 bits per heavy atom. The van der Waals surface area contributed by atoms with Gasteiger partial charge in [-0.1, -0.05) is 12.1 Å². The van der Waals surface area contributed by atoms with Crippen molar-refractivity contribution in [1.29, 1.82) is 0 Å². The standard InChI is InChI=1S/C14H18FN5/c1-8-4-11(5-9(2)14(8)15)7-17-12-6-13(20-16)19-10(3)18-12/h4-6H,7,16H2,1-3H3,(H2,17,18,19,20). The van der Waals surface area contributed by atoms with E-state index in [1.165, 1.54) is 0 Å². The summed E-state index contributed by atoms with van der Waals surface area (Å²) in [7, 11) is 0. The molecule has 0 fully saturated rings. The molecule has 0 saturated heterocycles. The number of nitrogens with two attached hydrogens (primary N) is 1. The second-order valence-corrected chi connectivity index (χ2v) is 4.73. The van der Waals surface area contributed by atoms with Crippen molar-refractivity contribution in [2.45, 2.75) is 27.3 Å². The number of anilines is 2. The number of nitrogen functional groups attached to an aromatic ring is 1. The van der Waals surface area contributed by atoms with E-state index in [-0.39, 0.29) is 5.82 Å². The van der Waals surface area contributed by atoms with Crippen molar-refractivity contribution in [3.05, 3.63) is 46.5 Å². The molecule has 0 spiro atoms. The molecule has 0 aliphatic carbocycles. The summed E-state index contributed by atoms with van der Waals surface area (Å²) < 4.78 is 13.6. The molecule has 4 N–H and O–H groups in total. The number of hydrazine groups is 1. The Balaban J connectivity index is 2.14. The minimum Gasteiger partial charge on any atom is -0.366 e. The summed E-state index contributed by atoms with van der Waals surface area (Å²) >= 11 is 0. The average Bonchev–Trinajstić information content (AvgIpc) is 2.41. The van der Waals surface area contributed by atoms with Gasteiger partial charge in [0.05, 0.1) is 0 Å². The van der Waals surface area contributed by atoms with Crippen molar-refractivity contribution in [3.63, 3.8) is 0 Å². The van der Waals surface area contributed by atoms with Crippen molar-refractivity contribution in [1.82, 2.24) is 9.97 Å². The van der Waals surface area contributed by atoms with Crippen LogP contribution in [0, 0.1) is 26.6 Å². The SMILES string of the molecule is Cc1nc(NN)cc(NCc2cc(C)c(F)c(C)c2)n1. The number of hydrogen-bond donors (Lipinski definition) is 3. The zero-order valence-electron chi connectivity index (χ0n) is 11.8. The summed E-state index contributed by atoms with van der Waals surface area (Å²) in [5, 5.41) is 3.18. The van der Waals surface area contributed by atoms with Gasteiger partial charge >= 0.3 is 0 Å². The molecule has 1 heterocycles. The lowest BCUT2D eigenvalue weighted by Crippen LogP contribution is -2.11. The highest BCUT2D eigenvalue weighted by Gasteiger charge is 2.05. The lowest BCUT2D eigenvalue weighted by molar-refractivity contribution is 0.608. The lowest BCUT2D eigenvalue weighted by atomic mass is 10.1. The monoisotopic (exact) mass is 275 g/mol.